The van der Waals surface area contributed by atoms with Crippen molar-refractivity contribution >= 4 is 5.91 Å². The molecule has 0 unspecified atom stereocenters. The van der Waals surface area contributed by atoms with Gasteiger partial charge < -0.3 is 19.3 Å². The molecule has 0 N–H and O–H groups in total. The van der Waals surface area contributed by atoms with Gasteiger partial charge in [-0.15, -0.1) is 0 Å². The Hall–Kier alpha value is -1.75. The third-order valence-electron chi connectivity index (χ3n) is 5.07. The molecule has 3 atom stereocenters. The van der Waals surface area contributed by atoms with Crippen LogP contribution in [-0.4, -0.2) is 62.7 Å². The lowest BCUT2D eigenvalue weighted by atomic mass is 9.95. The van der Waals surface area contributed by atoms with Gasteiger partial charge in [-0.25, -0.2) is 0 Å². The molecule has 1 saturated heterocycles. The summed E-state index contributed by atoms with van der Waals surface area (Å²) < 4.78 is 11.2. The highest BCUT2D eigenvalue weighted by molar-refractivity contribution is 5.80. The molecule has 2 aliphatic rings. The van der Waals surface area contributed by atoms with Gasteiger partial charge in [0.1, 0.15) is 6.61 Å². The van der Waals surface area contributed by atoms with E-state index in [0.717, 1.165) is 36.6 Å². The molecular formula is C18H26N2O3. The van der Waals surface area contributed by atoms with E-state index in [1.54, 1.807) is 7.11 Å². The summed E-state index contributed by atoms with van der Waals surface area (Å²) in [6, 6.07) is 6.31. The zero-order valence-electron chi connectivity index (χ0n) is 14.4. The van der Waals surface area contributed by atoms with E-state index in [4.69, 9.17) is 9.47 Å². The fourth-order valence-electron chi connectivity index (χ4n) is 3.77. The first-order valence-electron chi connectivity index (χ1n) is 8.25. The Labute approximate surface area is 138 Å². The predicted molar refractivity (Wildman–Crippen MR) is 88.9 cm³/mol. The van der Waals surface area contributed by atoms with Crippen LogP contribution >= 0.6 is 0 Å². The van der Waals surface area contributed by atoms with Gasteiger partial charge in [0.15, 0.2) is 11.5 Å². The van der Waals surface area contributed by atoms with E-state index in [1.165, 1.54) is 0 Å². The van der Waals surface area contributed by atoms with Gasteiger partial charge in [0.2, 0.25) is 5.91 Å². The second-order valence-corrected chi connectivity index (χ2v) is 6.91. The van der Waals surface area contributed by atoms with Crippen molar-refractivity contribution < 1.29 is 14.3 Å². The summed E-state index contributed by atoms with van der Waals surface area (Å²) in [5, 5.41) is 0. The molecule has 0 saturated carbocycles. The van der Waals surface area contributed by atoms with Crippen molar-refractivity contribution in [3.63, 3.8) is 0 Å². The number of ether oxygens (including phenoxy) is 2. The van der Waals surface area contributed by atoms with Crippen LogP contribution in [0.3, 0.4) is 0 Å². The number of amides is 1. The topological polar surface area (TPSA) is 42.0 Å². The maximum atomic E-state index is 12.9. The number of likely N-dealkylation sites (N-methyl/N-ethyl adjacent to an activating group) is 1. The van der Waals surface area contributed by atoms with E-state index in [0.29, 0.717) is 18.6 Å². The van der Waals surface area contributed by atoms with Crippen molar-refractivity contribution in [1.29, 1.82) is 0 Å². The van der Waals surface area contributed by atoms with E-state index in [1.807, 2.05) is 23.1 Å². The Morgan fingerprint density at radius 1 is 1.35 bits per heavy atom. The molecule has 126 valence electrons. The zero-order valence-corrected chi connectivity index (χ0v) is 14.4. The summed E-state index contributed by atoms with van der Waals surface area (Å²) in [6.07, 6.45) is 0.725. The molecular weight excluding hydrogens is 292 g/mol. The molecule has 2 heterocycles. The molecule has 5 heteroatoms. The van der Waals surface area contributed by atoms with Gasteiger partial charge in [0.05, 0.1) is 13.0 Å². The maximum absolute atomic E-state index is 12.9. The second-order valence-electron chi connectivity index (χ2n) is 6.91. The van der Waals surface area contributed by atoms with Crippen LogP contribution in [0.2, 0.25) is 0 Å². The fourth-order valence-corrected chi connectivity index (χ4v) is 3.77. The lowest BCUT2D eigenvalue weighted by Crippen LogP contribution is -2.41. The molecule has 1 aromatic rings. The monoisotopic (exact) mass is 318 g/mol. The molecule has 1 fully saturated rings. The van der Waals surface area contributed by atoms with Crippen LogP contribution in [0.5, 0.6) is 11.5 Å². The maximum Gasteiger partial charge on any atom is 0.229 e. The molecule has 0 spiro atoms. The molecule has 0 radical (unpaired) electrons. The minimum Gasteiger partial charge on any atom is -0.493 e. The van der Waals surface area contributed by atoms with E-state index < -0.39 is 0 Å². The quantitative estimate of drug-likeness (QED) is 0.850. The number of methoxy groups -OCH3 is 1. The summed E-state index contributed by atoms with van der Waals surface area (Å²) in [5.74, 6) is 2.17. The number of fused-ring (bicyclic) bond motifs is 1. The average Bonchev–Trinajstić information content (AvgIpc) is 2.95. The van der Waals surface area contributed by atoms with E-state index in [2.05, 4.69) is 25.9 Å². The number of likely N-dealkylation sites (tertiary alicyclic amines) is 1. The summed E-state index contributed by atoms with van der Waals surface area (Å²) in [5.41, 5.74) is 1.06. The van der Waals surface area contributed by atoms with Crippen LogP contribution in [0.25, 0.3) is 0 Å². The van der Waals surface area contributed by atoms with Crippen molar-refractivity contribution in [3.05, 3.63) is 23.8 Å². The summed E-state index contributed by atoms with van der Waals surface area (Å²) in [6.45, 7) is 4.30. The smallest absolute Gasteiger partial charge is 0.229 e. The zero-order chi connectivity index (χ0) is 16.6. The van der Waals surface area contributed by atoms with Gasteiger partial charge in [-0.1, -0.05) is 19.1 Å². The number of hydrogen-bond acceptors (Lipinski definition) is 4. The van der Waals surface area contributed by atoms with Crippen molar-refractivity contribution in [2.45, 2.75) is 19.4 Å². The van der Waals surface area contributed by atoms with Gasteiger partial charge in [-0.05, 0) is 38.1 Å². The van der Waals surface area contributed by atoms with Crippen LogP contribution < -0.4 is 9.47 Å². The Morgan fingerprint density at radius 3 is 2.78 bits per heavy atom. The van der Waals surface area contributed by atoms with E-state index >= 15 is 0 Å². The molecule has 0 aromatic heterocycles. The highest BCUT2D eigenvalue weighted by Crippen LogP contribution is 2.36. The molecule has 1 aromatic carbocycles. The lowest BCUT2D eigenvalue weighted by molar-refractivity contribution is -0.136. The molecule has 0 aliphatic carbocycles. The number of hydrogen-bond donors (Lipinski definition) is 0. The predicted octanol–water partition coefficient (Wildman–Crippen LogP) is 1.65. The van der Waals surface area contributed by atoms with Crippen molar-refractivity contribution in [2.75, 3.05) is 40.9 Å². The minimum absolute atomic E-state index is 0.0947. The molecule has 5 nitrogen and oxygen atoms in total. The standard InChI is InChI=1S/C18H26N2O3/c1-12-9-20(10-15(12)19(2)3)18(21)14-8-13-6-5-7-16(22-4)17(13)23-11-14/h5-7,12,14-15H,8-11H2,1-4H3/t12-,14+,15-/m0/s1. The molecule has 1 amide bonds. The summed E-state index contributed by atoms with van der Waals surface area (Å²) >= 11 is 0. The number of benzene rings is 1. The number of carbonyl (C=O) groups is 1. The first kappa shape index (κ1) is 16.1. The second kappa shape index (κ2) is 6.40. The summed E-state index contributed by atoms with van der Waals surface area (Å²) in [4.78, 5) is 17.1. The van der Waals surface area contributed by atoms with Crippen molar-refractivity contribution in [3.8, 4) is 11.5 Å². The average molecular weight is 318 g/mol. The normalized spacial score (nSPS) is 26.8. The largest absolute Gasteiger partial charge is 0.493 e. The van der Waals surface area contributed by atoms with E-state index in [9.17, 15) is 4.79 Å². The molecule has 3 rings (SSSR count). The Morgan fingerprint density at radius 2 is 2.13 bits per heavy atom. The first-order valence-corrected chi connectivity index (χ1v) is 8.25. The van der Waals surface area contributed by atoms with Gasteiger partial charge in [-0.3, -0.25) is 4.79 Å². The molecule has 2 aliphatic heterocycles. The first-order chi connectivity index (χ1) is 11.0. The van der Waals surface area contributed by atoms with Gasteiger partial charge in [-0.2, -0.15) is 0 Å². The highest BCUT2D eigenvalue weighted by atomic mass is 16.5. The number of para-hydroxylation sites is 1. The number of carbonyl (C=O) groups excluding carboxylic acids is 1. The number of rotatable bonds is 3. The Balaban J connectivity index is 1.70. The van der Waals surface area contributed by atoms with Crippen molar-refractivity contribution in [2.24, 2.45) is 11.8 Å². The van der Waals surface area contributed by atoms with Crippen LogP contribution in [0.15, 0.2) is 18.2 Å². The van der Waals surface area contributed by atoms with Crippen LogP contribution in [0, 0.1) is 11.8 Å². The third-order valence-corrected chi connectivity index (χ3v) is 5.07. The minimum atomic E-state index is -0.0947. The Kier molecular flexibility index (Phi) is 4.48. The van der Waals surface area contributed by atoms with E-state index in [-0.39, 0.29) is 11.8 Å². The van der Waals surface area contributed by atoms with Crippen molar-refractivity contribution in [1.82, 2.24) is 9.80 Å². The third kappa shape index (κ3) is 3.02. The van der Waals surface area contributed by atoms with Crippen LogP contribution in [0.1, 0.15) is 12.5 Å². The van der Waals surface area contributed by atoms with Gasteiger partial charge in [0, 0.05) is 19.1 Å². The number of nitrogens with zero attached hydrogens (tertiary/aromatic N) is 2. The Bertz CT molecular complexity index is 588. The van der Waals surface area contributed by atoms with Crippen LogP contribution in [0.4, 0.5) is 0 Å². The van der Waals surface area contributed by atoms with Gasteiger partial charge in [0.25, 0.3) is 0 Å². The fraction of sp³-hybridized carbons (Fsp3) is 0.611. The lowest BCUT2D eigenvalue weighted by Gasteiger charge is -2.29. The molecule has 0 bridgehead atoms. The summed E-state index contributed by atoms with van der Waals surface area (Å²) in [7, 11) is 5.81. The van der Waals surface area contributed by atoms with Gasteiger partial charge >= 0.3 is 0 Å². The molecule has 23 heavy (non-hydrogen) atoms. The SMILES string of the molecule is COc1cccc2c1OC[C@H](C(=O)N1C[C@H](C)[C@@H](N(C)C)C1)C2. The van der Waals surface area contributed by atoms with Crippen LogP contribution in [-0.2, 0) is 11.2 Å². The highest BCUT2D eigenvalue weighted by Gasteiger charge is 2.38.